The molecule has 14 rings (SSSR count). The van der Waals surface area contributed by atoms with Gasteiger partial charge in [0.2, 0.25) is 0 Å². The van der Waals surface area contributed by atoms with Crippen molar-refractivity contribution in [2.75, 3.05) is 0 Å². The fourth-order valence-electron chi connectivity index (χ4n) is 10.3. The van der Waals surface area contributed by atoms with Gasteiger partial charge in [-0.2, -0.15) is 0 Å². The van der Waals surface area contributed by atoms with Crippen LogP contribution in [-0.4, -0.2) is 24.1 Å². The molecule has 0 aliphatic rings. The van der Waals surface area contributed by atoms with Gasteiger partial charge in [0.15, 0.2) is 23.1 Å². The number of nitrogens with zero attached hydrogens (tertiary/aromatic N) is 5. The van der Waals surface area contributed by atoms with Crippen molar-refractivity contribution in [2.24, 2.45) is 0 Å². The Hall–Kier alpha value is -8.87. The number of para-hydroxylation sites is 4. The summed E-state index contributed by atoms with van der Waals surface area (Å²) < 4.78 is 11.7. The van der Waals surface area contributed by atoms with E-state index >= 15 is 0 Å². The Morgan fingerprint density at radius 1 is 0.323 bits per heavy atom. The van der Waals surface area contributed by atoms with E-state index in [9.17, 15) is 0 Å². The summed E-state index contributed by atoms with van der Waals surface area (Å²) in [5.74, 6) is 1.73. The van der Waals surface area contributed by atoms with Crippen molar-refractivity contribution in [1.29, 1.82) is 0 Å². The molecule has 0 aliphatic heterocycles. The Labute approximate surface area is 371 Å². The summed E-state index contributed by atoms with van der Waals surface area (Å²) in [4.78, 5) is 16.5. The highest BCUT2D eigenvalue weighted by Gasteiger charge is 2.26. The lowest BCUT2D eigenvalue weighted by Crippen LogP contribution is -2.04. The molecule has 4 heterocycles. The summed E-state index contributed by atoms with van der Waals surface area (Å²) in [6, 6.07) is 74.9. The van der Waals surface area contributed by atoms with Crippen LogP contribution in [0, 0.1) is 0 Å². The summed E-state index contributed by atoms with van der Waals surface area (Å²) in [6.07, 6.45) is 0. The molecule has 0 spiro atoms. The highest BCUT2D eigenvalue weighted by atomic mass is 16.3. The number of hydrogen-bond acceptors (Lipinski definition) is 4. The minimum Gasteiger partial charge on any atom is -0.454 e. The molecule has 14 aromatic rings. The van der Waals surface area contributed by atoms with E-state index in [0.717, 1.165) is 110 Å². The van der Waals surface area contributed by atoms with E-state index in [0.29, 0.717) is 17.5 Å². The first kappa shape index (κ1) is 35.7. The Kier molecular flexibility index (Phi) is 7.59. The predicted octanol–water partition coefficient (Wildman–Crippen LogP) is 15.3. The van der Waals surface area contributed by atoms with Crippen molar-refractivity contribution in [2.45, 2.75) is 0 Å². The molecule has 0 radical (unpaired) electrons. The van der Waals surface area contributed by atoms with Gasteiger partial charge in [0.25, 0.3) is 0 Å². The van der Waals surface area contributed by atoms with Crippen molar-refractivity contribution < 1.29 is 4.42 Å². The lowest BCUT2D eigenvalue weighted by Gasteiger charge is -2.16. The predicted molar refractivity (Wildman–Crippen MR) is 267 cm³/mol. The van der Waals surface area contributed by atoms with E-state index in [1.165, 1.54) is 5.39 Å². The third kappa shape index (κ3) is 5.31. The molecule has 0 N–H and O–H groups in total. The number of benzene rings is 10. The average Bonchev–Trinajstić information content (AvgIpc) is 4.03. The number of hydrogen-bond donors (Lipinski definition) is 0. The summed E-state index contributed by atoms with van der Waals surface area (Å²) in [5, 5.41) is 11.1. The molecule has 10 aromatic carbocycles. The maximum absolute atomic E-state index is 7.00. The molecule has 4 aromatic heterocycles. The van der Waals surface area contributed by atoms with E-state index in [-0.39, 0.29) is 0 Å². The lowest BCUT2D eigenvalue weighted by atomic mass is 10.0. The molecule has 6 heteroatoms. The van der Waals surface area contributed by atoms with Crippen LogP contribution in [0.25, 0.3) is 133 Å². The number of furan rings is 1. The summed E-state index contributed by atoms with van der Waals surface area (Å²) >= 11 is 0. The molecule has 0 amide bonds. The second-order valence-electron chi connectivity index (χ2n) is 16.7. The molecule has 0 bridgehead atoms. The van der Waals surface area contributed by atoms with E-state index in [1.54, 1.807) is 0 Å². The van der Waals surface area contributed by atoms with Gasteiger partial charge in [0, 0.05) is 54.7 Å². The van der Waals surface area contributed by atoms with Gasteiger partial charge in [0.05, 0.1) is 22.1 Å². The second-order valence-corrected chi connectivity index (χ2v) is 16.7. The van der Waals surface area contributed by atoms with Crippen molar-refractivity contribution in [3.05, 3.63) is 212 Å². The van der Waals surface area contributed by atoms with Crippen LogP contribution in [0.3, 0.4) is 0 Å². The quantitative estimate of drug-likeness (QED) is 0.173. The van der Waals surface area contributed by atoms with Gasteiger partial charge in [-0.1, -0.05) is 152 Å². The summed E-state index contributed by atoms with van der Waals surface area (Å²) in [7, 11) is 0. The molecule has 0 fully saturated rings. The first-order valence-electron chi connectivity index (χ1n) is 21.9. The van der Waals surface area contributed by atoms with Crippen LogP contribution >= 0.6 is 0 Å². The van der Waals surface area contributed by atoms with Gasteiger partial charge in [-0.3, -0.25) is 0 Å². The van der Waals surface area contributed by atoms with Crippen LogP contribution in [0.2, 0.25) is 0 Å². The number of fused-ring (bicyclic) bond motifs is 11. The normalized spacial score (nSPS) is 12.0. The standard InChI is InChI=1S/C59H35N5O/c1-2-20-39(21-3-1)63-50-29-12-9-25-45(50)54-46(27-15-30-51(54)63)58-60-57(44-26-14-19-36-16-6-7-22-40(36)44)61-59(62-58)47-33-32-43-42-24-10-13-31-53(42)65-56(43)55(47)64-49-28-11-8-23-41(49)48-34-37-17-4-5-18-38(37)35-52(48)64/h1-35H. The SMILES string of the molecule is c1ccc(-n2c3ccccc3c3c(-c4nc(-c5ccc6c(oc7ccccc76)c5-n5c6ccccc6c6cc7ccccc7cc65)nc(-c5cccc6ccccc56)n4)cccc32)cc1. The van der Waals surface area contributed by atoms with Crippen LogP contribution in [0.4, 0.5) is 0 Å². The molecular formula is C59H35N5O. The zero-order valence-corrected chi connectivity index (χ0v) is 34.9. The highest BCUT2D eigenvalue weighted by Crippen LogP contribution is 2.45. The van der Waals surface area contributed by atoms with Gasteiger partial charge in [-0.05, 0) is 82.2 Å². The van der Waals surface area contributed by atoms with Crippen molar-refractivity contribution in [3.63, 3.8) is 0 Å². The fourth-order valence-corrected chi connectivity index (χ4v) is 10.3. The third-order valence-corrected chi connectivity index (χ3v) is 13.1. The first-order valence-corrected chi connectivity index (χ1v) is 21.9. The first-order chi connectivity index (χ1) is 32.2. The number of rotatable bonds is 5. The molecule has 0 saturated carbocycles. The Balaban J connectivity index is 1.13. The molecule has 0 atom stereocenters. The molecule has 6 nitrogen and oxygen atoms in total. The summed E-state index contributed by atoms with van der Waals surface area (Å²) in [6.45, 7) is 0. The van der Waals surface area contributed by atoms with E-state index < -0.39 is 0 Å². The van der Waals surface area contributed by atoms with Crippen molar-refractivity contribution in [1.82, 2.24) is 24.1 Å². The molecule has 302 valence electrons. The smallest absolute Gasteiger partial charge is 0.166 e. The molecular weight excluding hydrogens is 795 g/mol. The average molecular weight is 830 g/mol. The number of aromatic nitrogens is 5. The van der Waals surface area contributed by atoms with Crippen LogP contribution in [0.5, 0.6) is 0 Å². The lowest BCUT2D eigenvalue weighted by molar-refractivity contribution is 0.666. The van der Waals surface area contributed by atoms with Gasteiger partial charge < -0.3 is 13.6 Å². The second kappa shape index (κ2) is 13.8. The van der Waals surface area contributed by atoms with Crippen LogP contribution in [0.15, 0.2) is 217 Å². The zero-order valence-electron chi connectivity index (χ0n) is 34.9. The van der Waals surface area contributed by atoms with Gasteiger partial charge >= 0.3 is 0 Å². The van der Waals surface area contributed by atoms with Crippen LogP contribution in [-0.2, 0) is 0 Å². The molecule has 0 saturated heterocycles. The topological polar surface area (TPSA) is 61.7 Å². The zero-order chi connectivity index (χ0) is 42.6. The maximum atomic E-state index is 7.00. The largest absolute Gasteiger partial charge is 0.454 e. The molecule has 0 aliphatic carbocycles. The van der Waals surface area contributed by atoms with E-state index in [1.807, 2.05) is 12.1 Å². The Bertz CT molecular complexity index is 4250. The third-order valence-electron chi connectivity index (χ3n) is 13.1. The van der Waals surface area contributed by atoms with Gasteiger partial charge in [-0.25, -0.2) is 15.0 Å². The van der Waals surface area contributed by atoms with E-state index in [4.69, 9.17) is 19.4 Å². The Morgan fingerprint density at radius 2 is 0.892 bits per heavy atom. The molecule has 0 unspecified atom stereocenters. The van der Waals surface area contributed by atoms with Crippen molar-refractivity contribution >= 4 is 87.1 Å². The molecule has 65 heavy (non-hydrogen) atoms. The van der Waals surface area contributed by atoms with Crippen LogP contribution in [0.1, 0.15) is 0 Å². The van der Waals surface area contributed by atoms with Gasteiger partial charge in [0.1, 0.15) is 11.3 Å². The highest BCUT2D eigenvalue weighted by molar-refractivity contribution is 6.18. The maximum Gasteiger partial charge on any atom is 0.166 e. The van der Waals surface area contributed by atoms with Crippen LogP contribution < -0.4 is 0 Å². The summed E-state index contributed by atoms with van der Waals surface area (Å²) in [5.41, 5.74) is 10.6. The monoisotopic (exact) mass is 829 g/mol. The minimum absolute atomic E-state index is 0.547. The minimum atomic E-state index is 0.547. The van der Waals surface area contributed by atoms with E-state index in [2.05, 4.69) is 209 Å². The fraction of sp³-hybridized carbons (Fsp3) is 0. The Morgan fingerprint density at radius 3 is 1.71 bits per heavy atom. The van der Waals surface area contributed by atoms with Crippen molar-refractivity contribution in [3.8, 4) is 45.5 Å². The van der Waals surface area contributed by atoms with Gasteiger partial charge in [-0.15, -0.1) is 0 Å².